The van der Waals surface area contributed by atoms with Crippen LogP contribution >= 0.6 is 0 Å². The summed E-state index contributed by atoms with van der Waals surface area (Å²) in [5.41, 5.74) is 1.48. The van der Waals surface area contributed by atoms with Crippen molar-refractivity contribution < 1.29 is 5.11 Å². The summed E-state index contributed by atoms with van der Waals surface area (Å²) in [6.07, 6.45) is 6.21. The quantitative estimate of drug-likeness (QED) is 0.727. The van der Waals surface area contributed by atoms with Gasteiger partial charge in [0.25, 0.3) is 0 Å². The van der Waals surface area contributed by atoms with Crippen molar-refractivity contribution in [3.8, 4) is 0 Å². The SMILES string of the molecule is CC(C)(C)NCc1ccn(CCCCO)c1. The molecule has 0 aliphatic rings. The molecule has 2 N–H and O–H groups in total. The minimum atomic E-state index is 0.166. The molecule has 16 heavy (non-hydrogen) atoms. The van der Waals surface area contributed by atoms with E-state index in [2.05, 4.69) is 49.1 Å². The van der Waals surface area contributed by atoms with E-state index >= 15 is 0 Å². The number of aryl methyl sites for hydroxylation is 1. The molecule has 0 saturated heterocycles. The zero-order chi connectivity index (χ0) is 12.0. The number of aliphatic hydroxyl groups is 1. The van der Waals surface area contributed by atoms with Crippen molar-refractivity contribution >= 4 is 0 Å². The number of hydrogen-bond donors (Lipinski definition) is 2. The van der Waals surface area contributed by atoms with Gasteiger partial charge < -0.3 is 15.0 Å². The first-order valence-corrected chi connectivity index (χ1v) is 6.02. The lowest BCUT2D eigenvalue weighted by Crippen LogP contribution is -2.34. The van der Waals surface area contributed by atoms with E-state index in [1.165, 1.54) is 5.56 Å². The van der Waals surface area contributed by atoms with Crippen molar-refractivity contribution in [1.82, 2.24) is 9.88 Å². The highest BCUT2D eigenvalue weighted by atomic mass is 16.2. The summed E-state index contributed by atoms with van der Waals surface area (Å²) in [4.78, 5) is 0. The van der Waals surface area contributed by atoms with Crippen molar-refractivity contribution in [2.24, 2.45) is 0 Å². The van der Waals surface area contributed by atoms with E-state index in [1.54, 1.807) is 0 Å². The molecule has 0 saturated carbocycles. The van der Waals surface area contributed by atoms with Crippen molar-refractivity contribution in [3.63, 3.8) is 0 Å². The minimum absolute atomic E-state index is 0.166. The Bertz CT molecular complexity index is 299. The third-order valence-corrected chi connectivity index (χ3v) is 2.46. The first-order chi connectivity index (χ1) is 7.51. The molecule has 1 rings (SSSR count). The molecule has 0 radical (unpaired) electrons. The maximum atomic E-state index is 8.70. The first-order valence-electron chi connectivity index (χ1n) is 6.02. The van der Waals surface area contributed by atoms with Gasteiger partial charge in [0.15, 0.2) is 0 Å². The highest BCUT2D eigenvalue weighted by molar-refractivity contribution is 5.10. The van der Waals surface area contributed by atoms with Crippen LogP contribution in [0, 0.1) is 0 Å². The van der Waals surface area contributed by atoms with E-state index in [0.29, 0.717) is 6.61 Å². The number of nitrogens with zero attached hydrogens (tertiary/aromatic N) is 1. The van der Waals surface area contributed by atoms with Gasteiger partial charge >= 0.3 is 0 Å². The van der Waals surface area contributed by atoms with Gasteiger partial charge in [0.1, 0.15) is 0 Å². The van der Waals surface area contributed by atoms with Crippen LogP contribution in [0.15, 0.2) is 18.5 Å². The molecule has 0 spiro atoms. The Morgan fingerprint density at radius 3 is 2.69 bits per heavy atom. The zero-order valence-corrected chi connectivity index (χ0v) is 10.7. The summed E-state index contributed by atoms with van der Waals surface area (Å²) in [6.45, 7) is 8.72. The molecule has 0 aliphatic heterocycles. The monoisotopic (exact) mass is 224 g/mol. The lowest BCUT2D eigenvalue weighted by Gasteiger charge is -2.19. The maximum absolute atomic E-state index is 8.70. The summed E-state index contributed by atoms with van der Waals surface area (Å²) in [5.74, 6) is 0. The van der Waals surface area contributed by atoms with Gasteiger partial charge in [-0.15, -0.1) is 0 Å². The van der Waals surface area contributed by atoms with Crippen LogP contribution in [0.3, 0.4) is 0 Å². The average molecular weight is 224 g/mol. The van der Waals surface area contributed by atoms with Crippen LogP contribution in [-0.2, 0) is 13.1 Å². The molecule has 0 amide bonds. The van der Waals surface area contributed by atoms with E-state index in [0.717, 1.165) is 25.9 Å². The molecule has 0 fully saturated rings. The molecule has 0 unspecified atom stereocenters. The third kappa shape index (κ3) is 5.33. The zero-order valence-electron chi connectivity index (χ0n) is 10.7. The van der Waals surface area contributed by atoms with Crippen molar-refractivity contribution in [2.45, 2.75) is 52.2 Å². The summed E-state index contributed by atoms with van der Waals surface area (Å²) in [7, 11) is 0. The lowest BCUT2D eigenvalue weighted by molar-refractivity contribution is 0.281. The van der Waals surface area contributed by atoms with Gasteiger partial charge in [0.2, 0.25) is 0 Å². The maximum Gasteiger partial charge on any atom is 0.0431 e. The standard InChI is InChI=1S/C13H24N2O/c1-13(2,3)14-10-12-6-8-15(11-12)7-4-5-9-16/h6,8,11,14,16H,4-5,7,9-10H2,1-3H3. The summed E-state index contributed by atoms with van der Waals surface area (Å²) in [6, 6.07) is 2.15. The number of unbranched alkanes of at least 4 members (excludes halogenated alkanes) is 1. The van der Waals surface area contributed by atoms with Crippen molar-refractivity contribution in [1.29, 1.82) is 0 Å². The van der Waals surface area contributed by atoms with Crippen LogP contribution in [0.4, 0.5) is 0 Å². The first kappa shape index (κ1) is 13.3. The van der Waals surface area contributed by atoms with Crippen LogP contribution < -0.4 is 5.32 Å². The predicted molar refractivity (Wildman–Crippen MR) is 67.3 cm³/mol. The van der Waals surface area contributed by atoms with Crippen LogP contribution in [0.5, 0.6) is 0 Å². The molecular formula is C13H24N2O. The van der Waals surface area contributed by atoms with Gasteiger partial charge in [-0.3, -0.25) is 0 Å². The molecule has 1 heterocycles. The molecule has 1 aromatic heterocycles. The molecule has 0 bridgehead atoms. The van der Waals surface area contributed by atoms with Gasteiger partial charge in [-0.2, -0.15) is 0 Å². The predicted octanol–water partition coefficient (Wildman–Crippen LogP) is 2.15. The fourth-order valence-corrected chi connectivity index (χ4v) is 1.51. The number of nitrogens with one attached hydrogen (secondary N) is 1. The smallest absolute Gasteiger partial charge is 0.0431 e. The second-order valence-corrected chi connectivity index (χ2v) is 5.29. The summed E-state index contributed by atoms with van der Waals surface area (Å²) < 4.78 is 2.19. The molecule has 92 valence electrons. The van der Waals surface area contributed by atoms with E-state index in [-0.39, 0.29) is 5.54 Å². The Hall–Kier alpha value is -0.800. The lowest BCUT2D eigenvalue weighted by atomic mass is 10.1. The number of hydrogen-bond acceptors (Lipinski definition) is 2. The third-order valence-electron chi connectivity index (χ3n) is 2.46. The largest absolute Gasteiger partial charge is 0.396 e. The van der Waals surface area contributed by atoms with Crippen LogP contribution in [0.25, 0.3) is 0 Å². The van der Waals surface area contributed by atoms with Gasteiger partial charge in [0, 0.05) is 37.6 Å². The van der Waals surface area contributed by atoms with E-state index in [1.807, 2.05) is 0 Å². The van der Waals surface area contributed by atoms with Gasteiger partial charge in [-0.25, -0.2) is 0 Å². The van der Waals surface area contributed by atoms with Crippen LogP contribution in [-0.4, -0.2) is 21.8 Å². The molecule has 0 atom stereocenters. The normalized spacial score (nSPS) is 12.0. The molecule has 1 aromatic rings. The number of aliphatic hydroxyl groups excluding tert-OH is 1. The van der Waals surface area contributed by atoms with Gasteiger partial charge in [-0.05, 0) is 45.2 Å². The Morgan fingerprint density at radius 1 is 1.31 bits per heavy atom. The highest BCUT2D eigenvalue weighted by Gasteiger charge is 2.08. The Labute approximate surface area is 98.5 Å². The van der Waals surface area contributed by atoms with Crippen LogP contribution in [0.2, 0.25) is 0 Å². The summed E-state index contributed by atoms with van der Waals surface area (Å²) in [5, 5.41) is 12.2. The van der Waals surface area contributed by atoms with E-state index < -0.39 is 0 Å². The fraction of sp³-hybridized carbons (Fsp3) is 0.692. The fourth-order valence-electron chi connectivity index (χ4n) is 1.51. The number of rotatable bonds is 6. The molecule has 3 heteroatoms. The Morgan fingerprint density at radius 2 is 2.06 bits per heavy atom. The molecular weight excluding hydrogens is 200 g/mol. The highest BCUT2D eigenvalue weighted by Crippen LogP contribution is 2.06. The van der Waals surface area contributed by atoms with E-state index in [4.69, 9.17) is 5.11 Å². The summed E-state index contributed by atoms with van der Waals surface area (Å²) >= 11 is 0. The average Bonchev–Trinajstić information content (AvgIpc) is 2.62. The van der Waals surface area contributed by atoms with Gasteiger partial charge in [0.05, 0.1) is 0 Å². The number of aromatic nitrogens is 1. The topological polar surface area (TPSA) is 37.2 Å². The molecule has 3 nitrogen and oxygen atoms in total. The Balaban J connectivity index is 2.33. The van der Waals surface area contributed by atoms with Crippen LogP contribution in [0.1, 0.15) is 39.2 Å². The van der Waals surface area contributed by atoms with Crippen molar-refractivity contribution in [3.05, 3.63) is 24.0 Å². The van der Waals surface area contributed by atoms with Gasteiger partial charge in [-0.1, -0.05) is 0 Å². The molecule has 0 aliphatic carbocycles. The minimum Gasteiger partial charge on any atom is -0.396 e. The molecule has 0 aromatic carbocycles. The van der Waals surface area contributed by atoms with Crippen molar-refractivity contribution in [2.75, 3.05) is 6.61 Å². The second kappa shape index (κ2) is 6.06. The second-order valence-electron chi connectivity index (χ2n) is 5.29. The van der Waals surface area contributed by atoms with E-state index in [9.17, 15) is 0 Å². The Kier molecular flexibility index (Phi) is 5.03.